The van der Waals surface area contributed by atoms with Crippen LogP contribution in [-0.2, 0) is 40.1 Å². The summed E-state index contributed by atoms with van der Waals surface area (Å²) in [5, 5.41) is 63.6. The highest BCUT2D eigenvalue weighted by atomic mass is 32.1. The molecule has 2 aliphatic rings. The lowest BCUT2D eigenvalue weighted by Crippen LogP contribution is -2.41. The van der Waals surface area contributed by atoms with Crippen molar-refractivity contribution in [3.8, 4) is 43.4 Å². The van der Waals surface area contributed by atoms with Gasteiger partial charge in [-0.2, -0.15) is 0 Å². The van der Waals surface area contributed by atoms with Gasteiger partial charge in [0.2, 0.25) is 11.8 Å². The van der Waals surface area contributed by atoms with Crippen molar-refractivity contribution in [2.45, 2.75) is 135 Å². The number of hydrogen-bond acceptors (Lipinski definition) is 25. The number of hydrogen-bond donors (Lipinski definition) is 9. The van der Waals surface area contributed by atoms with E-state index in [0.29, 0.717) is 75.8 Å². The molecule has 4 atom stereocenters. The van der Waals surface area contributed by atoms with Crippen molar-refractivity contribution in [3.05, 3.63) is 111 Å². The number of fused-ring (bicyclic) bond motifs is 14. The SMILES string of the molecule is CNC(=O)C[C@@H]1NC(=O)c2csc(n2)-c2ccc(-c3nc(N(CCCCC(=O)O)C(=O)OC4CCC(CCCCC(=O)O)(C(=O)O)CC4)cs3)nc2-c2csc(n2)-c2csc(n2)[C@H]([C@@H](O)c2ccccc2)NC(=O)CNC(=O)c2nc(sc2COC)[C@H](C(C)C)NC(=O)c2nc1sc2C. The van der Waals surface area contributed by atoms with E-state index in [9.17, 15) is 58.5 Å². The van der Waals surface area contributed by atoms with Crippen LogP contribution < -0.4 is 31.5 Å². The van der Waals surface area contributed by atoms with Crippen LogP contribution in [0.2, 0.25) is 0 Å². The first kappa shape index (κ1) is 72.8. The van der Waals surface area contributed by atoms with E-state index in [0.717, 1.165) is 56.7 Å². The minimum Gasteiger partial charge on any atom is -0.481 e. The van der Waals surface area contributed by atoms with E-state index in [4.69, 9.17) is 49.5 Å². The maximum atomic E-state index is 14.5. The molecule has 10 bridgehead atoms. The Bertz CT molecular complexity index is 4270. The molecule has 0 radical (unpaired) electrons. The number of rotatable bonds is 21. The first-order valence-corrected chi connectivity index (χ1v) is 36.7. The minimum atomic E-state index is -1.32. The third kappa shape index (κ3) is 17.8. The number of amides is 6. The minimum absolute atomic E-state index is 0.0227. The average Bonchev–Trinajstić information content (AvgIpc) is 1.68. The molecular formula is C65H71N13O15S6. The molecule has 1 fully saturated rings. The lowest BCUT2D eigenvalue weighted by molar-refractivity contribution is -0.153. The fourth-order valence-corrected chi connectivity index (χ4v) is 16.9. The van der Waals surface area contributed by atoms with E-state index < -0.39 is 95.8 Å². The van der Waals surface area contributed by atoms with Crippen LogP contribution in [0.3, 0.4) is 0 Å². The number of thiazole rings is 6. The Balaban J connectivity index is 1.01. The molecule has 99 heavy (non-hydrogen) atoms. The van der Waals surface area contributed by atoms with Gasteiger partial charge in [-0.1, -0.05) is 50.6 Å². The van der Waals surface area contributed by atoms with Crippen molar-refractivity contribution >= 4 is 127 Å². The fourth-order valence-electron chi connectivity index (χ4n) is 11.3. The van der Waals surface area contributed by atoms with Gasteiger partial charge < -0.3 is 56.5 Å². The van der Waals surface area contributed by atoms with Crippen LogP contribution in [0, 0.1) is 18.3 Å². The second-order valence-electron chi connectivity index (χ2n) is 23.9. The van der Waals surface area contributed by atoms with E-state index in [-0.39, 0.29) is 117 Å². The third-order valence-corrected chi connectivity index (χ3v) is 22.4. The fraction of sp³-hybridized carbons (Fsp3) is 0.415. The van der Waals surface area contributed by atoms with Gasteiger partial charge in [-0.05, 0) is 81.9 Å². The van der Waals surface area contributed by atoms with Gasteiger partial charge in [0.1, 0.15) is 88.3 Å². The molecule has 1 aliphatic carbocycles. The first-order chi connectivity index (χ1) is 47.5. The first-order valence-electron chi connectivity index (χ1n) is 31.6. The molecular weight excluding hydrogens is 1400 g/mol. The largest absolute Gasteiger partial charge is 0.481 e. The number of carbonyl (C=O) groups excluding carboxylic acids is 6. The van der Waals surface area contributed by atoms with Gasteiger partial charge >= 0.3 is 24.0 Å². The summed E-state index contributed by atoms with van der Waals surface area (Å²) >= 11 is 6.92. The summed E-state index contributed by atoms with van der Waals surface area (Å²) in [7, 11) is 2.91. The van der Waals surface area contributed by atoms with Crippen molar-refractivity contribution in [2.75, 3.05) is 32.1 Å². The second kappa shape index (κ2) is 32.8. The molecule has 7 aromatic heterocycles. The molecule has 1 saturated carbocycles. The Morgan fingerprint density at radius 3 is 2.06 bits per heavy atom. The molecule has 9 N–H and O–H groups in total. The summed E-state index contributed by atoms with van der Waals surface area (Å²) in [6.45, 7) is 4.88. The highest BCUT2D eigenvalue weighted by molar-refractivity contribution is 7.15. The number of methoxy groups -OCH3 is 1. The predicted octanol–water partition coefficient (Wildman–Crippen LogP) is 10.2. The highest BCUT2D eigenvalue weighted by Gasteiger charge is 2.43. The number of aliphatic hydroxyl groups is 1. The van der Waals surface area contributed by atoms with Gasteiger partial charge in [0.15, 0.2) is 0 Å². The number of unbranched alkanes of at least 4 members (excludes halogenated alkanes) is 2. The predicted molar refractivity (Wildman–Crippen MR) is 371 cm³/mol. The monoisotopic (exact) mass is 1470 g/mol. The summed E-state index contributed by atoms with van der Waals surface area (Å²) in [6, 6.07) is 9.16. The number of aliphatic carboxylic acids is 3. The molecule has 0 spiro atoms. The lowest BCUT2D eigenvalue weighted by Gasteiger charge is -2.37. The van der Waals surface area contributed by atoms with Crippen LogP contribution in [0.4, 0.5) is 10.6 Å². The highest BCUT2D eigenvalue weighted by Crippen LogP contribution is 2.44. The number of carboxylic acid groups (broad SMARTS) is 3. The normalized spacial score (nSPS) is 18.7. The molecule has 522 valence electrons. The molecule has 10 rings (SSSR count). The van der Waals surface area contributed by atoms with Crippen LogP contribution >= 0.6 is 68.0 Å². The topological polar surface area (TPSA) is 407 Å². The van der Waals surface area contributed by atoms with E-state index in [1.165, 1.54) is 30.4 Å². The number of ether oxygens (including phenoxy) is 2. The third-order valence-electron chi connectivity index (χ3n) is 16.7. The molecule has 1 aliphatic heterocycles. The summed E-state index contributed by atoms with van der Waals surface area (Å²) in [4.78, 5) is 156. The summed E-state index contributed by atoms with van der Waals surface area (Å²) in [5.74, 6) is -6.10. The van der Waals surface area contributed by atoms with Crippen molar-refractivity contribution in [1.82, 2.24) is 61.5 Å². The van der Waals surface area contributed by atoms with E-state index in [1.54, 1.807) is 70.9 Å². The smallest absolute Gasteiger partial charge is 0.415 e. The Hall–Kier alpha value is -8.90. The molecule has 0 unspecified atom stereocenters. The average molecular weight is 1470 g/mol. The van der Waals surface area contributed by atoms with Crippen LogP contribution in [0.25, 0.3) is 43.4 Å². The number of nitrogens with one attached hydrogen (secondary N) is 5. The van der Waals surface area contributed by atoms with Gasteiger partial charge in [-0.3, -0.25) is 43.3 Å². The number of carbonyl (C=O) groups is 9. The molecule has 6 amide bonds. The standard InChI is InChI=1S/C65H71N13O15S6/c1-32(2)48-62-77-51(42(99-62)27-92-5)55(87)67-26-45(80)74-52(53(85)34-13-7-6-8-14-34)61-72-41(30-96-61)59-70-39(28-95-59)50-36(57-71-40(29-94-57)54(86)69-38(25-44(79)66-4)60-76-49(33(3)98-60)56(88)75-48)17-18-37(68-50)58-73-43(31-97-58)78(24-12-10-16-47(83)84)64(91)93-35-19-22-65(23-20-35,63(89)90)21-11-9-15-46(81)82/h6-8,13-14,17-18,28-32,35,38,48,52-53,85H,9-12,15-16,19-27H2,1-5H3,(H,66,79)(H,67,87)(H,69,86)(H,74,80)(H,75,88)(H,81,82)(H,83,84)(H,89,90)/t35?,38-,48-,52-,53-,65?/m0/s1. The van der Waals surface area contributed by atoms with E-state index in [2.05, 4.69) is 26.6 Å². The van der Waals surface area contributed by atoms with Gasteiger partial charge in [0.05, 0.1) is 47.6 Å². The number of pyridine rings is 1. The number of nitrogens with zero attached hydrogens (tertiary/aromatic N) is 8. The zero-order valence-electron chi connectivity index (χ0n) is 54.2. The molecule has 28 nitrogen and oxygen atoms in total. The van der Waals surface area contributed by atoms with Gasteiger partial charge in [0.25, 0.3) is 17.7 Å². The van der Waals surface area contributed by atoms with E-state index >= 15 is 0 Å². The molecule has 8 heterocycles. The quantitative estimate of drug-likeness (QED) is 0.0302. The van der Waals surface area contributed by atoms with Gasteiger partial charge in [0, 0.05) is 65.5 Å². The summed E-state index contributed by atoms with van der Waals surface area (Å²) in [6.07, 6.45) is -0.788. The second-order valence-corrected chi connectivity index (χ2v) is 29.7. The number of aliphatic hydroxyl groups excluding tert-OH is 1. The van der Waals surface area contributed by atoms with Crippen molar-refractivity contribution < 1.29 is 73.1 Å². The lowest BCUT2D eigenvalue weighted by atomic mass is 9.70. The number of aromatic nitrogens is 7. The van der Waals surface area contributed by atoms with Crippen LogP contribution in [-0.4, -0.2) is 142 Å². The molecule has 8 aromatic rings. The Labute approximate surface area is 591 Å². The van der Waals surface area contributed by atoms with Crippen molar-refractivity contribution in [1.29, 1.82) is 0 Å². The molecule has 0 saturated heterocycles. The zero-order valence-corrected chi connectivity index (χ0v) is 59.1. The Morgan fingerprint density at radius 1 is 0.677 bits per heavy atom. The van der Waals surface area contributed by atoms with Gasteiger partial charge in [-0.15, -0.1) is 68.0 Å². The van der Waals surface area contributed by atoms with Gasteiger partial charge in [-0.25, -0.2) is 39.7 Å². The van der Waals surface area contributed by atoms with Crippen molar-refractivity contribution in [3.63, 3.8) is 0 Å². The molecule has 1 aromatic carbocycles. The van der Waals surface area contributed by atoms with Crippen LogP contribution in [0.5, 0.6) is 0 Å². The Kier molecular flexibility index (Phi) is 24.2. The maximum absolute atomic E-state index is 14.5. The summed E-state index contributed by atoms with van der Waals surface area (Å²) < 4.78 is 11.5. The van der Waals surface area contributed by atoms with Crippen LogP contribution in [0.1, 0.15) is 177 Å². The number of anilines is 1. The zero-order chi connectivity index (χ0) is 70.7. The number of carboxylic acids is 3. The van der Waals surface area contributed by atoms with E-state index in [1.807, 2.05) is 13.8 Å². The molecule has 34 heteroatoms. The number of aryl methyl sites for hydroxylation is 1. The summed E-state index contributed by atoms with van der Waals surface area (Å²) in [5.41, 5.74) is 1.10. The van der Waals surface area contributed by atoms with Crippen LogP contribution in [0.15, 0.2) is 64.0 Å². The number of benzene rings is 1. The van der Waals surface area contributed by atoms with Crippen molar-refractivity contribution in [2.24, 2.45) is 11.3 Å². The maximum Gasteiger partial charge on any atom is 0.415 e. The Morgan fingerprint density at radius 2 is 1.35 bits per heavy atom.